The van der Waals surface area contributed by atoms with Gasteiger partial charge in [0.05, 0.1) is 0 Å². The molecule has 0 aliphatic rings. The van der Waals surface area contributed by atoms with Gasteiger partial charge in [-0.25, -0.2) is 0 Å². The zero-order chi connectivity index (χ0) is 17.7. The fraction of sp³-hybridized carbons (Fsp3) is 0.812. The van der Waals surface area contributed by atoms with Crippen LogP contribution in [0.2, 0.25) is 0 Å². The topological polar surface area (TPSA) is 78.5 Å². The Balaban J connectivity index is 4.51. The number of nitrogens with one attached hydrogen (secondary N) is 2. The van der Waals surface area contributed by atoms with Crippen LogP contribution in [0.15, 0.2) is 0 Å². The molecule has 0 heterocycles. The van der Waals surface area contributed by atoms with Crippen molar-refractivity contribution in [1.29, 1.82) is 0 Å². The molecule has 0 aromatic carbocycles. The average molecular weight is 346 g/mol. The van der Waals surface area contributed by atoms with Crippen molar-refractivity contribution < 1.29 is 14.4 Å². The highest BCUT2D eigenvalue weighted by Gasteiger charge is 2.27. The van der Waals surface area contributed by atoms with Gasteiger partial charge >= 0.3 is 0 Å². The van der Waals surface area contributed by atoms with Gasteiger partial charge in [-0.15, -0.1) is 0 Å². The highest BCUT2D eigenvalue weighted by molar-refractivity contribution is 7.80. The molecule has 0 aliphatic heterocycles. The minimum Gasteiger partial charge on any atom is -0.354 e. The summed E-state index contributed by atoms with van der Waals surface area (Å²) in [5, 5.41) is 5.80. The van der Waals surface area contributed by atoms with Gasteiger partial charge in [0.1, 0.15) is 11.8 Å². The summed E-state index contributed by atoms with van der Waals surface area (Å²) in [6.45, 7) is 2.77. The minimum absolute atomic E-state index is 0.0523. The van der Waals surface area contributed by atoms with E-state index in [0.29, 0.717) is 13.0 Å². The van der Waals surface area contributed by atoms with E-state index in [1.165, 1.54) is 11.8 Å². The summed E-state index contributed by atoms with van der Waals surface area (Å²) in [6, 6.07) is -0.723. The van der Waals surface area contributed by atoms with E-state index in [1.807, 2.05) is 7.05 Å². The first-order chi connectivity index (χ1) is 10.9. The van der Waals surface area contributed by atoms with E-state index in [4.69, 9.17) is 0 Å². The average Bonchev–Trinajstić information content (AvgIpc) is 2.52. The number of carbonyl (C=O) groups excluding carboxylic acids is 3. The zero-order valence-corrected chi connectivity index (χ0v) is 15.5. The Bertz CT molecular complexity index is 378. The van der Waals surface area contributed by atoms with Crippen molar-refractivity contribution in [3.8, 4) is 0 Å². The Morgan fingerprint density at radius 1 is 1.09 bits per heavy atom. The molecule has 0 aromatic rings. The first-order valence-corrected chi connectivity index (χ1v) is 8.85. The molecule has 0 bridgehead atoms. The number of thiol groups is 1. The lowest BCUT2D eigenvalue weighted by Gasteiger charge is -2.27. The standard InChI is InChI=1S/C16H31N3O3S/c1-13(20)12-14(16(22)18-10-7-9-17-2)19(3)15(21)8-5-4-6-11-23/h14,17,23H,4-12H2,1-3H3,(H,18,22)/t14-/m0/s1. The lowest BCUT2D eigenvalue weighted by molar-refractivity contribution is -0.140. The molecule has 0 aliphatic carbocycles. The van der Waals surface area contributed by atoms with E-state index in [-0.39, 0.29) is 24.0 Å². The number of nitrogens with zero attached hydrogens (tertiary/aromatic N) is 1. The van der Waals surface area contributed by atoms with Crippen LogP contribution < -0.4 is 10.6 Å². The molecule has 0 saturated carbocycles. The van der Waals surface area contributed by atoms with Crippen LogP contribution in [0.25, 0.3) is 0 Å². The van der Waals surface area contributed by atoms with Gasteiger partial charge in [-0.2, -0.15) is 12.6 Å². The SMILES string of the molecule is CNCCCNC(=O)[C@H](CC(C)=O)N(C)C(=O)CCCCCS. The minimum atomic E-state index is -0.723. The number of carbonyl (C=O) groups is 3. The van der Waals surface area contributed by atoms with Crippen LogP contribution in [0.5, 0.6) is 0 Å². The van der Waals surface area contributed by atoms with Crippen molar-refractivity contribution in [2.45, 2.75) is 51.5 Å². The summed E-state index contributed by atoms with van der Waals surface area (Å²) >= 11 is 4.14. The van der Waals surface area contributed by atoms with E-state index in [9.17, 15) is 14.4 Å². The smallest absolute Gasteiger partial charge is 0.243 e. The van der Waals surface area contributed by atoms with Crippen LogP contribution >= 0.6 is 12.6 Å². The third-order valence-electron chi connectivity index (χ3n) is 3.60. The molecule has 0 aromatic heterocycles. The van der Waals surface area contributed by atoms with Crippen LogP contribution in [0, 0.1) is 0 Å². The second kappa shape index (κ2) is 13.4. The number of hydrogen-bond acceptors (Lipinski definition) is 5. The normalized spacial score (nSPS) is 11.8. The summed E-state index contributed by atoms with van der Waals surface area (Å²) in [7, 11) is 3.45. The van der Waals surface area contributed by atoms with Crippen LogP contribution in [-0.2, 0) is 14.4 Å². The molecule has 1 atom stereocenters. The molecule has 0 unspecified atom stereocenters. The summed E-state index contributed by atoms with van der Waals surface area (Å²) in [5.41, 5.74) is 0. The maximum atomic E-state index is 12.3. The van der Waals surface area contributed by atoms with E-state index < -0.39 is 6.04 Å². The number of amides is 2. The fourth-order valence-corrected chi connectivity index (χ4v) is 2.41. The first-order valence-electron chi connectivity index (χ1n) is 8.22. The summed E-state index contributed by atoms with van der Waals surface area (Å²) in [5.74, 6) is 0.352. The van der Waals surface area contributed by atoms with E-state index in [2.05, 4.69) is 23.3 Å². The van der Waals surface area contributed by atoms with E-state index in [0.717, 1.165) is 38.0 Å². The Kier molecular flexibility index (Phi) is 12.7. The lowest BCUT2D eigenvalue weighted by Crippen LogP contribution is -2.48. The van der Waals surface area contributed by atoms with Gasteiger partial charge in [-0.05, 0) is 45.5 Å². The number of rotatable bonds is 13. The van der Waals surface area contributed by atoms with Crippen molar-refractivity contribution in [1.82, 2.24) is 15.5 Å². The number of hydrogen-bond donors (Lipinski definition) is 3. The molecule has 2 amide bonds. The molecule has 7 heteroatoms. The summed E-state index contributed by atoms with van der Waals surface area (Å²) < 4.78 is 0. The third-order valence-corrected chi connectivity index (χ3v) is 3.91. The molecule has 0 radical (unpaired) electrons. The van der Waals surface area contributed by atoms with Gasteiger partial charge < -0.3 is 15.5 Å². The van der Waals surface area contributed by atoms with Gasteiger partial charge in [0, 0.05) is 26.4 Å². The highest BCUT2D eigenvalue weighted by atomic mass is 32.1. The Morgan fingerprint density at radius 2 is 1.78 bits per heavy atom. The third kappa shape index (κ3) is 10.3. The fourth-order valence-electron chi connectivity index (χ4n) is 2.19. The number of likely N-dealkylation sites (N-methyl/N-ethyl adjacent to an activating group) is 1. The Morgan fingerprint density at radius 3 is 2.35 bits per heavy atom. The molecule has 0 rings (SSSR count). The van der Waals surface area contributed by atoms with Gasteiger partial charge in [0.15, 0.2) is 0 Å². The number of Topliss-reactive ketones (excluding diaryl/α,β-unsaturated/α-hetero) is 1. The predicted octanol–water partition coefficient (Wildman–Crippen LogP) is 1.01. The summed E-state index contributed by atoms with van der Waals surface area (Å²) in [6.07, 6.45) is 3.94. The lowest BCUT2D eigenvalue weighted by atomic mass is 10.1. The maximum Gasteiger partial charge on any atom is 0.243 e. The Labute approximate surface area is 145 Å². The molecular weight excluding hydrogens is 314 g/mol. The van der Waals surface area contributed by atoms with Gasteiger partial charge in [-0.3, -0.25) is 14.4 Å². The first kappa shape index (κ1) is 21.9. The molecular formula is C16H31N3O3S. The van der Waals surface area contributed by atoms with Gasteiger partial charge in [-0.1, -0.05) is 6.42 Å². The second-order valence-corrected chi connectivity index (χ2v) is 6.16. The van der Waals surface area contributed by atoms with Crippen LogP contribution in [-0.4, -0.2) is 61.5 Å². The maximum absolute atomic E-state index is 12.3. The quantitative estimate of drug-likeness (QED) is 0.344. The van der Waals surface area contributed by atoms with E-state index >= 15 is 0 Å². The Hall–Kier alpha value is -1.08. The molecule has 23 heavy (non-hydrogen) atoms. The number of unbranched alkanes of at least 4 members (excludes halogenated alkanes) is 2. The van der Waals surface area contributed by atoms with Crippen molar-refractivity contribution in [3.05, 3.63) is 0 Å². The molecule has 0 spiro atoms. The molecule has 134 valence electrons. The van der Waals surface area contributed by atoms with Crippen LogP contribution in [0.4, 0.5) is 0 Å². The van der Waals surface area contributed by atoms with Crippen molar-refractivity contribution in [2.24, 2.45) is 0 Å². The van der Waals surface area contributed by atoms with Gasteiger partial charge in [0.25, 0.3) is 0 Å². The monoisotopic (exact) mass is 345 g/mol. The van der Waals surface area contributed by atoms with E-state index in [1.54, 1.807) is 7.05 Å². The molecule has 6 nitrogen and oxygen atoms in total. The van der Waals surface area contributed by atoms with Crippen LogP contribution in [0.3, 0.4) is 0 Å². The molecule has 0 saturated heterocycles. The highest BCUT2D eigenvalue weighted by Crippen LogP contribution is 2.09. The zero-order valence-electron chi connectivity index (χ0n) is 14.6. The largest absolute Gasteiger partial charge is 0.354 e. The second-order valence-electron chi connectivity index (χ2n) is 5.71. The summed E-state index contributed by atoms with van der Waals surface area (Å²) in [4.78, 5) is 37.3. The molecule has 2 N–H and O–H groups in total. The van der Waals surface area contributed by atoms with Crippen molar-refractivity contribution in [2.75, 3.05) is 32.9 Å². The van der Waals surface area contributed by atoms with Crippen molar-refractivity contribution in [3.63, 3.8) is 0 Å². The van der Waals surface area contributed by atoms with Crippen molar-refractivity contribution >= 4 is 30.2 Å². The predicted molar refractivity (Wildman–Crippen MR) is 95.7 cm³/mol. The molecule has 0 fully saturated rings. The van der Waals surface area contributed by atoms with Crippen LogP contribution in [0.1, 0.15) is 45.4 Å². The van der Waals surface area contributed by atoms with Gasteiger partial charge in [0.2, 0.25) is 11.8 Å². The number of ketones is 1.